The minimum atomic E-state index is -1.03. The molecule has 2 aromatic rings. The van der Waals surface area contributed by atoms with Crippen LogP contribution < -0.4 is 54.0 Å². The van der Waals surface area contributed by atoms with Crippen LogP contribution in [-0.4, -0.2) is 283 Å². The van der Waals surface area contributed by atoms with Gasteiger partial charge in [0.15, 0.2) is 11.6 Å². The second kappa shape index (κ2) is 94.3. The predicted octanol–water partition coefficient (Wildman–Crippen LogP) is 12.9. The Bertz CT molecular complexity index is 3680. The number of rotatable bonds is 106. The zero-order valence-electron chi connectivity index (χ0n) is 89.2. The van der Waals surface area contributed by atoms with Crippen LogP contribution in [0.5, 0.6) is 11.5 Å². The highest BCUT2D eigenvalue weighted by atomic mass is 16.5. The van der Waals surface area contributed by atoms with Gasteiger partial charge in [0, 0.05) is 114 Å². The van der Waals surface area contributed by atoms with Gasteiger partial charge in [-0.25, -0.2) is 9.59 Å². The molecule has 0 aliphatic rings. The minimum absolute atomic E-state index is 0.000115. The average molecular weight is 2100 g/mol. The van der Waals surface area contributed by atoms with Gasteiger partial charge in [-0.15, -0.1) is 0 Å². The van der Waals surface area contributed by atoms with Gasteiger partial charge in [-0.3, -0.25) is 57.5 Å². The number of carboxylic acids is 4. The molecule has 2 rings (SSSR count). The lowest BCUT2D eigenvalue weighted by molar-refractivity contribution is -0.140. The van der Waals surface area contributed by atoms with E-state index in [1.165, 1.54) is 103 Å². The zero-order chi connectivity index (χ0) is 109. The highest BCUT2D eigenvalue weighted by Gasteiger charge is 2.26. The molecule has 6 atom stereocenters. The maximum atomic E-state index is 12.8. The molecule has 0 radical (unpaired) electrons. The van der Waals surface area contributed by atoms with Gasteiger partial charge in [0.2, 0.25) is 35.4 Å². The Balaban J connectivity index is 0.00000148. The molecular formula is C110H186N10O28. The summed E-state index contributed by atoms with van der Waals surface area (Å²) in [5, 5.41) is 78.8. The number of ketones is 4. The minimum Gasteiger partial charge on any atom is -0.508 e. The Labute approximate surface area is 879 Å². The maximum Gasteiger partial charge on any atom is 0.326 e. The Morgan fingerprint density at radius 3 is 0.845 bits per heavy atom. The number of unbranched alkanes of at least 4 members (excludes halogenated alkanes) is 28. The molecule has 0 saturated heterocycles. The van der Waals surface area contributed by atoms with Gasteiger partial charge in [-0.1, -0.05) is 192 Å². The van der Waals surface area contributed by atoms with Crippen molar-refractivity contribution in [3.8, 4) is 11.5 Å². The summed E-state index contributed by atoms with van der Waals surface area (Å²) in [7, 11) is 3.44. The number of aliphatic carboxylic acids is 4. The van der Waals surface area contributed by atoms with Crippen molar-refractivity contribution in [3.63, 3.8) is 0 Å². The molecule has 18 N–H and O–H groups in total. The molecule has 0 aromatic heterocycles. The highest BCUT2D eigenvalue weighted by molar-refractivity contribution is 5.86. The first-order valence-corrected chi connectivity index (χ1v) is 54.5. The van der Waals surface area contributed by atoms with E-state index in [0.717, 1.165) is 88.2 Å². The summed E-state index contributed by atoms with van der Waals surface area (Å²) < 4.78 is 43.4. The van der Waals surface area contributed by atoms with Gasteiger partial charge in [0.25, 0.3) is 0 Å². The van der Waals surface area contributed by atoms with E-state index in [1.54, 1.807) is 62.6 Å². The number of ether oxygens (including phenoxy) is 8. The molecule has 0 spiro atoms. The number of carboxylic acid groups (broad SMARTS) is 4. The number of likely N-dealkylation sites (N-methyl/N-ethyl adjacent to an activating group) is 2. The number of amides is 6. The van der Waals surface area contributed by atoms with Crippen LogP contribution in [0, 0.1) is 11.8 Å². The Morgan fingerprint density at radius 1 is 0.277 bits per heavy atom. The van der Waals surface area contributed by atoms with Crippen molar-refractivity contribution in [3.05, 3.63) is 84.2 Å². The number of aromatic hydroxyl groups is 2. The maximum absolute atomic E-state index is 12.8. The molecule has 38 nitrogen and oxygen atoms in total. The molecule has 0 heterocycles. The number of phenols is 2. The normalized spacial score (nSPS) is 12.4. The number of carbonyl (C=O) groups is 14. The van der Waals surface area contributed by atoms with Crippen LogP contribution in [-0.2, 0) is 118 Å². The summed E-state index contributed by atoms with van der Waals surface area (Å²) in [5.74, 6) is -6.32. The zero-order valence-corrected chi connectivity index (χ0v) is 89.2. The van der Waals surface area contributed by atoms with Gasteiger partial charge >= 0.3 is 23.9 Å². The number of nitrogens with two attached hydrogens (primary N) is 2. The molecule has 0 saturated carbocycles. The van der Waals surface area contributed by atoms with E-state index in [4.69, 9.17) is 59.6 Å². The molecule has 0 bridgehead atoms. The first-order valence-electron chi connectivity index (χ1n) is 54.5. The van der Waals surface area contributed by atoms with Crippen LogP contribution in [0.1, 0.15) is 332 Å². The fourth-order valence-electron chi connectivity index (χ4n) is 16.3. The number of benzene rings is 2. The van der Waals surface area contributed by atoms with Crippen LogP contribution in [0.15, 0.2) is 73.1 Å². The number of hydrogen-bond donors (Lipinski definition) is 16. The lowest BCUT2D eigenvalue weighted by Gasteiger charge is -2.17. The van der Waals surface area contributed by atoms with Gasteiger partial charge in [0.05, 0.1) is 78.2 Å². The van der Waals surface area contributed by atoms with E-state index in [2.05, 4.69) is 55.7 Å². The fourth-order valence-corrected chi connectivity index (χ4v) is 16.3. The predicted molar refractivity (Wildman–Crippen MR) is 567 cm³/mol. The third-order valence-electron chi connectivity index (χ3n) is 25.1. The Kier molecular flexibility index (Phi) is 86.7. The van der Waals surface area contributed by atoms with E-state index < -0.39 is 59.6 Å². The SMILES string of the molecule is C=C(CCCCCCCCCCCCCCCCC(=O)O)N[C@@H](CCC(=O)NCCOCCOCC(=O)CCCOCCOCC(=O)NCCCC[C@H](NC)C(=O)CC[C@@H](Cc1ccc(O)cc1)C(N)=O)C(=O)O.C=C(CCCCCCCCCCCCCCCCC(=O)O)N[C@@H](CCC(=O)NCCOCCOCC(=O)CCCOCCOCC(=O)NCCCC[C@H](NC)C(=O)CC[C@@H](Cc1ccc(O)cc1)C(N)=O)C(=O)O. The van der Waals surface area contributed by atoms with Gasteiger partial charge in [0.1, 0.15) is 61.6 Å². The number of allylic oxidation sites excluding steroid dienone is 2. The largest absolute Gasteiger partial charge is 0.508 e. The van der Waals surface area contributed by atoms with Gasteiger partial charge < -0.3 is 123 Å². The monoisotopic (exact) mass is 2100 g/mol. The summed E-state index contributed by atoms with van der Waals surface area (Å²) >= 11 is 0. The summed E-state index contributed by atoms with van der Waals surface area (Å²) in [4.78, 5) is 168. The van der Waals surface area contributed by atoms with Crippen LogP contribution >= 0.6 is 0 Å². The molecule has 0 aliphatic heterocycles. The van der Waals surface area contributed by atoms with Crippen LogP contribution in [0.4, 0.5) is 0 Å². The second-order valence-corrected chi connectivity index (χ2v) is 38.0. The third kappa shape index (κ3) is 83.9. The van der Waals surface area contributed by atoms with Crippen LogP contribution in [0.2, 0.25) is 0 Å². The first-order chi connectivity index (χ1) is 71.4. The smallest absolute Gasteiger partial charge is 0.326 e. The number of nitrogens with one attached hydrogen (secondary N) is 8. The van der Waals surface area contributed by atoms with E-state index in [9.17, 15) is 87.5 Å². The van der Waals surface area contributed by atoms with E-state index in [-0.39, 0.29) is 240 Å². The first kappa shape index (κ1) is 136. The van der Waals surface area contributed by atoms with E-state index in [0.29, 0.717) is 128 Å². The van der Waals surface area contributed by atoms with Crippen LogP contribution in [0.25, 0.3) is 0 Å². The van der Waals surface area contributed by atoms with Crippen molar-refractivity contribution in [1.29, 1.82) is 0 Å². The molecule has 0 fully saturated rings. The van der Waals surface area contributed by atoms with Crippen LogP contribution in [0.3, 0.4) is 0 Å². The topological polar surface area (TPSA) is 582 Å². The number of hydrogen-bond acceptors (Lipinski definition) is 28. The molecule has 38 heteroatoms. The van der Waals surface area contributed by atoms with Crippen molar-refractivity contribution < 1.29 is 136 Å². The second-order valence-electron chi connectivity index (χ2n) is 38.0. The Hall–Kier alpha value is -9.90. The average Bonchev–Trinajstić information content (AvgIpc) is 0.888. The highest BCUT2D eigenvalue weighted by Crippen LogP contribution is 2.24. The fraction of sp³-hybridized carbons (Fsp3) is 0.727. The third-order valence-corrected chi connectivity index (χ3v) is 25.1. The molecule has 2 aromatic carbocycles. The molecule has 844 valence electrons. The van der Waals surface area contributed by atoms with Crippen molar-refractivity contribution in [2.24, 2.45) is 23.3 Å². The Morgan fingerprint density at radius 2 is 0.554 bits per heavy atom. The summed E-state index contributed by atoms with van der Waals surface area (Å²) in [6, 6.07) is 10.6. The lowest BCUT2D eigenvalue weighted by Crippen LogP contribution is -2.37. The number of carbonyl (C=O) groups excluding carboxylic acids is 10. The molecule has 6 amide bonds. The van der Waals surface area contributed by atoms with Gasteiger partial charge in [-0.2, -0.15) is 0 Å². The standard InChI is InChI=1S/2C55H93N5O14/c2*1-43(20-15-13-11-9-7-5-3-4-6-8-10-12-14-16-23-53(66)67)60-49(55(69)70)29-31-51(64)59-33-35-72-37-38-73-41-47(62)21-19-34-71-36-39-74-42-52(65)58-32-18-17-22-48(57-2)50(63)30-26-45(54(56)68)40-44-24-27-46(61)28-25-44/h2*24-25,27-28,45,48-49,57,60-61H,1,3-23,26,29-42H2,2H3,(H2,56,68)(H,58,65)(H,59,64)(H,66,67)(H,69,70)/t2*45-,48-,49-/m00/s1. The number of phenolic OH excluding ortho intramolecular Hbond substituents is 2. The van der Waals surface area contributed by atoms with Crippen molar-refractivity contribution in [1.82, 2.24) is 42.5 Å². The molecule has 148 heavy (non-hydrogen) atoms. The summed E-state index contributed by atoms with van der Waals surface area (Å²) in [6.07, 6.45) is 41.5. The molecule has 0 aliphatic carbocycles. The number of primary amides is 2. The summed E-state index contributed by atoms with van der Waals surface area (Å²) in [5.41, 5.74) is 14.2. The lowest BCUT2D eigenvalue weighted by atomic mass is 9.91. The summed E-state index contributed by atoms with van der Waals surface area (Å²) in [6.45, 7) is 12.1. The van der Waals surface area contributed by atoms with E-state index in [1.807, 2.05) is 0 Å². The van der Waals surface area contributed by atoms with Crippen molar-refractivity contribution in [2.45, 2.75) is 358 Å². The quantitative estimate of drug-likeness (QED) is 0.0274. The van der Waals surface area contributed by atoms with Crippen molar-refractivity contribution in [2.75, 3.05) is 146 Å². The van der Waals surface area contributed by atoms with Gasteiger partial charge in [-0.05, 0) is 178 Å². The van der Waals surface area contributed by atoms with Crippen molar-refractivity contribution >= 4 is 82.5 Å². The van der Waals surface area contributed by atoms with E-state index >= 15 is 0 Å². The molecule has 0 unspecified atom stereocenters. The molecular weight excluding hydrogens is 1910 g/mol. The number of Topliss-reactive ketones (excluding diaryl/α,β-unsaturated/α-hetero) is 4.